The predicted octanol–water partition coefficient (Wildman–Crippen LogP) is 2.02. The fraction of sp³-hybridized carbons (Fsp3) is 0.579. The number of aryl methyl sites for hydroxylation is 1. The molecule has 0 unspecified atom stereocenters. The SMILES string of the molecule is Cc1nc([C@@H]2CN(C(=O)Cc3cccs3)C[C@H]2NC(=O)C2CCCC2)n[nH]1. The van der Waals surface area contributed by atoms with E-state index < -0.39 is 0 Å². The molecule has 2 N–H and O–H groups in total. The lowest BCUT2D eigenvalue weighted by Crippen LogP contribution is -2.43. The van der Waals surface area contributed by atoms with E-state index in [4.69, 9.17) is 0 Å². The second-order valence-corrected chi connectivity index (χ2v) is 8.57. The predicted molar refractivity (Wildman–Crippen MR) is 102 cm³/mol. The monoisotopic (exact) mass is 387 g/mol. The molecular formula is C19H25N5O2S. The Hall–Kier alpha value is -2.22. The van der Waals surface area contributed by atoms with Gasteiger partial charge in [-0.1, -0.05) is 18.9 Å². The van der Waals surface area contributed by atoms with Crippen LogP contribution in [0, 0.1) is 12.8 Å². The van der Waals surface area contributed by atoms with Gasteiger partial charge in [0.05, 0.1) is 18.4 Å². The lowest BCUT2D eigenvalue weighted by molar-refractivity contribution is -0.130. The molecule has 2 aliphatic rings. The Morgan fingerprint density at radius 1 is 1.33 bits per heavy atom. The molecule has 2 aromatic rings. The number of H-pyrrole nitrogens is 1. The number of aromatic nitrogens is 3. The topological polar surface area (TPSA) is 91.0 Å². The van der Waals surface area contributed by atoms with Gasteiger partial charge in [0.15, 0.2) is 5.82 Å². The minimum Gasteiger partial charge on any atom is -0.351 e. The molecule has 1 aliphatic carbocycles. The van der Waals surface area contributed by atoms with Crippen LogP contribution in [-0.2, 0) is 16.0 Å². The Kier molecular flexibility index (Phi) is 5.24. The molecule has 2 aromatic heterocycles. The summed E-state index contributed by atoms with van der Waals surface area (Å²) in [5.41, 5.74) is 0. The third-order valence-electron chi connectivity index (χ3n) is 5.58. The van der Waals surface area contributed by atoms with E-state index in [0.717, 1.165) is 36.4 Å². The van der Waals surface area contributed by atoms with Gasteiger partial charge < -0.3 is 10.2 Å². The van der Waals surface area contributed by atoms with E-state index in [9.17, 15) is 9.59 Å². The molecule has 1 saturated carbocycles. The number of hydrogen-bond donors (Lipinski definition) is 2. The molecule has 2 atom stereocenters. The number of rotatable bonds is 5. The molecule has 27 heavy (non-hydrogen) atoms. The van der Waals surface area contributed by atoms with Crippen molar-refractivity contribution in [2.45, 2.75) is 51.0 Å². The lowest BCUT2D eigenvalue weighted by atomic mass is 10.0. The first kappa shape index (κ1) is 18.2. The summed E-state index contributed by atoms with van der Waals surface area (Å²) in [4.78, 5) is 32.8. The van der Waals surface area contributed by atoms with Crippen molar-refractivity contribution in [2.75, 3.05) is 13.1 Å². The van der Waals surface area contributed by atoms with E-state index in [2.05, 4.69) is 20.5 Å². The highest BCUT2D eigenvalue weighted by molar-refractivity contribution is 7.10. The number of nitrogens with one attached hydrogen (secondary N) is 2. The Balaban J connectivity index is 1.47. The van der Waals surface area contributed by atoms with Crippen molar-refractivity contribution in [2.24, 2.45) is 5.92 Å². The molecule has 1 aliphatic heterocycles. The maximum atomic E-state index is 12.8. The summed E-state index contributed by atoms with van der Waals surface area (Å²) in [6, 6.07) is 3.80. The maximum absolute atomic E-state index is 12.8. The van der Waals surface area contributed by atoms with Crippen LogP contribution in [0.1, 0.15) is 48.1 Å². The first-order valence-corrected chi connectivity index (χ1v) is 10.5. The van der Waals surface area contributed by atoms with Crippen molar-refractivity contribution >= 4 is 23.2 Å². The van der Waals surface area contributed by atoms with E-state index in [1.807, 2.05) is 29.3 Å². The Morgan fingerprint density at radius 2 is 2.15 bits per heavy atom. The van der Waals surface area contributed by atoms with Gasteiger partial charge in [0.1, 0.15) is 5.82 Å². The standard InChI is InChI=1S/C19H25N5O2S/c1-12-20-18(23-22-12)15-10-24(17(25)9-14-7-4-8-27-14)11-16(15)21-19(26)13-5-2-3-6-13/h4,7-8,13,15-16H,2-3,5-6,9-11H2,1H3,(H,21,26)(H,20,22,23)/t15-,16-/m1/s1. The number of nitrogens with zero attached hydrogens (tertiary/aromatic N) is 3. The highest BCUT2D eigenvalue weighted by atomic mass is 32.1. The average molecular weight is 388 g/mol. The van der Waals surface area contributed by atoms with Crippen molar-refractivity contribution in [3.63, 3.8) is 0 Å². The van der Waals surface area contributed by atoms with Crippen molar-refractivity contribution in [1.82, 2.24) is 25.4 Å². The van der Waals surface area contributed by atoms with Gasteiger partial charge in [0, 0.05) is 23.9 Å². The lowest BCUT2D eigenvalue weighted by Gasteiger charge is -2.20. The van der Waals surface area contributed by atoms with E-state index in [-0.39, 0.29) is 29.7 Å². The number of hydrogen-bond acceptors (Lipinski definition) is 5. The molecule has 2 fully saturated rings. The van der Waals surface area contributed by atoms with Crippen LogP contribution in [0.3, 0.4) is 0 Å². The average Bonchev–Trinajstić information content (AvgIpc) is 3.42. The summed E-state index contributed by atoms with van der Waals surface area (Å²) in [5.74, 6) is 1.66. The maximum Gasteiger partial charge on any atom is 0.227 e. The second kappa shape index (κ2) is 7.80. The van der Waals surface area contributed by atoms with Crippen molar-refractivity contribution < 1.29 is 9.59 Å². The quantitative estimate of drug-likeness (QED) is 0.821. The van der Waals surface area contributed by atoms with Gasteiger partial charge in [-0.05, 0) is 31.2 Å². The van der Waals surface area contributed by atoms with Crippen molar-refractivity contribution in [1.29, 1.82) is 0 Å². The Labute approximate surface area is 162 Å². The van der Waals surface area contributed by atoms with Crippen LogP contribution in [0.15, 0.2) is 17.5 Å². The first-order chi connectivity index (χ1) is 13.1. The second-order valence-electron chi connectivity index (χ2n) is 7.54. The minimum atomic E-state index is -0.138. The zero-order valence-corrected chi connectivity index (χ0v) is 16.3. The third kappa shape index (κ3) is 4.05. The summed E-state index contributed by atoms with van der Waals surface area (Å²) in [6.45, 7) is 2.91. The van der Waals surface area contributed by atoms with Crippen LogP contribution >= 0.6 is 11.3 Å². The molecule has 2 amide bonds. The van der Waals surface area contributed by atoms with Crippen LogP contribution in [0.5, 0.6) is 0 Å². The number of carbonyl (C=O) groups is 2. The zero-order chi connectivity index (χ0) is 18.8. The molecule has 7 nitrogen and oxygen atoms in total. The zero-order valence-electron chi connectivity index (χ0n) is 15.5. The summed E-state index contributed by atoms with van der Waals surface area (Å²) in [6.07, 6.45) is 4.57. The van der Waals surface area contributed by atoms with E-state index >= 15 is 0 Å². The van der Waals surface area contributed by atoms with Crippen LogP contribution in [0.4, 0.5) is 0 Å². The summed E-state index contributed by atoms with van der Waals surface area (Å²) in [7, 11) is 0. The number of carbonyl (C=O) groups excluding carboxylic acids is 2. The van der Waals surface area contributed by atoms with Crippen LogP contribution < -0.4 is 5.32 Å². The van der Waals surface area contributed by atoms with Gasteiger partial charge in [0.2, 0.25) is 11.8 Å². The molecule has 1 saturated heterocycles. The molecule has 3 heterocycles. The van der Waals surface area contributed by atoms with Crippen LogP contribution in [-0.4, -0.2) is 51.0 Å². The van der Waals surface area contributed by atoms with Gasteiger partial charge in [-0.2, -0.15) is 5.10 Å². The third-order valence-corrected chi connectivity index (χ3v) is 6.45. The molecule has 0 spiro atoms. The molecule has 4 rings (SSSR count). The molecule has 0 bridgehead atoms. The normalized spacial score (nSPS) is 23.1. The van der Waals surface area contributed by atoms with E-state index in [1.54, 1.807) is 11.3 Å². The van der Waals surface area contributed by atoms with Crippen LogP contribution in [0.25, 0.3) is 0 Å². The summed E-state index contributed by atoms with van der Waals surface area (Å²) in [5, 5.41) is 12.4. The molecule has 0 radical (unpaired) electrons. The number of amides is 2. The smallest absolute Gasteiger partial charge is 0.227 e. The van der Waals surface area contributed by atoms with Gasteiger partial charge in [-0.15, -0.1) is 11.3 Å². The first-order valence-electron chi connectivity index (χ1n) is 9.59. The van der Waals surface area contributed by atoms with Gasteiger partial charge >= 0.3 is 0 Å². The van der Waals surface area contributed by atoms with Gasteiger partial charge in [-0.25, -0.2) is 4.98 Å². The fourth-order valence-electron chi connectivity index (χ4n) is 4.10. The highest BCUT2D eigenvalue weighted by Gasteiger charge is 2.40. The summed E-state index contributed by atoms with van der Waals surface area (Å²) < 4.78 is 0. The van der Waals surface area contributed by atoms with E-state index in [1.165, 1.54) is 0 Å². The van der Waals surface area contributed by atoms with Crippen molar-refractivity contribution in [3.05, 3.63) is 34.0 Å². The molecular weight excluding hydrogens is 362 g/mol. The van der Waals surface area contributed by atoms with E-state index in [0.29, 0.717) is 25.3 Å². The fourth-order valence-corrected chi connectivity index (χ4v) is 4.80. The largest absolute Gasteiger partial charge is 0.351 e. The molecule has 0 aromatic carbocycles. The number of thiophene rings is 1. The van der Waals surface area contributed by atoms with Crippen LogP contribution in [0.2, 0.25) is 0 Å². The molecule has 8 heteroatoms. The number of likely N-dealkylation sites (tertiary alicyclic amines) is 1. The summed E-state index contributed by atoms with van der Waals surface area (Å²) >= 11 is 1.59. The van der Waals surface area contributed by atoms with Gasteiger partial charge in [0.25, 0.3) is 0 Å². The Bertz CT molecular complexity index is 797. The highest BCUT2D eigenvalue weighted by Crippen LogP contribution is 2.29. The Morgan fingerprint density at radius 3 is 2.81 bits per heavy atom. The van der Waals surface area contributed by atoms with Gasteiger partial charge in [-0.3, -0.25) is 14.7 Å². The minimum absolute atomic E-state index is 0.0763. The van der Waals surface area contributed by atoms with Crippen molar-refractivity contribution in [3.8, 4) is 0 Å². The number of aromatic amines is 1. The molecule has 144 valence electrons.